The number of anilines is 1. The summed E-state index contributed by atoms with van der Waals surface area (Å²) in [4.78, 5) is 30.7. The van der Waals surface area contributed by atoms with Crippen LogP contribution in [0.2, 0.25) is 0 Å². The van der Waals surface area contributed by atoms with Crippen molar-refractivity contribution in [3.05, 3.63) is 83.9 Å². The van der Waals surface area contributed by atoms with Crippen LogP contribution < -0.4 is 10.2 Å². The Labute approximate surface area is 206 Å². The van der Waals surface area contributed by atoms with E-state index >= 15 is 0 Å². The van der Waals surface area contributed by atoms with Crippen LogP contribution in [0, 0.1) is 5.92 Å². The Morgan fingerprint density at radius 2 is 1.81 bits per heavy atom. The highest BCUT2D eigenvalue weighted by molar-refractivity contribution is 5.85. The maximum Gasteiger partial charge on any atom is 0.416 e. The zero-order valence-corrected chi connectivity index (χ0v) is 19.5. The molecule has 0 radical (unpaired) electrons. The van der Waals surface area contributed by atoms with Crippen LogP contribution in [0.1, 0.15) is 29.7 Å². The summed E-state index contributed by atoms with van der Waals surface area (Å²) in [6.07, 6.45) is -0.140. The Kier molecular flexibility index (Phi) is 7.61. The number of piperidine rings is 1. The first-order chi connectivity index (χ1) is 17.2. The number of rotatable bonds is 8. The highest BCUT2D eigenvalue weighted by atomic mass is 19.4. The Morgan fingerprint density at radius 3 is 2.47 bits per heavy atom. The van der Waals surface area contributed by atoms with Crippen molar-refractivity contribution in [3.63, 3.8) is 0 Å². The monoisotopic (exact) mass is 500 g/mol. The van der Waals surface area contributed by atoms with Crippen LogP contribution >= 0.6 is 0 Å². The molecule has 36 heavy (non-hydrogen) atoms. The molecule has 1 unspecified atom stereocenters. The predicted molar refractivity (Wildman–Crippen MR) is 127 cm³/mol. The van der Waals surface area contributed by atoms with E-state index in [0.29, 0.717) is 43.9 Å². The molecule has 2 heterocycles. The lowest BCUT2D eigenvalue weighted by Gasteiger charge is -2.33. The van der Waals surface area contributed by atoms with Gasteiger partial charge in [-0.25, -0.2) is 9.78 Å². The molecule has 2 N–H and O–H groups in total. The van der Waals surface area contributed by atoms with Gasteiger partial charge in [0.1, 0.15) is 6.04 Å². The highest BCUT2D eigenvalue weighted by Crippen LogP contribution is 2.32. The second-order valence-electron chi connectivity index (χ2n) is 8.94. The van der Waals surface area contributed by atoms with E-state index in [1.54, 1.807) is 18.6 Å². The Bertz CT molecular complexity index is 1190. The molecule has 1 amide bonds. The zero-order chi connectivity index (χ0) is 25.7. The van der Waals surface area contributed by atoms with E-state index in [4.69, 9.17) is 0 Å². The molecule has 7 nitrogen and oxygen atoms in total. The molecule has 0 saturated carbocycles. The van der Waals surface area contributed by atoms with Gasteiger partial charge < -0.3 is 19.9 Å². The summed E-state index contributed by atoms with van der Waals surface area (Å²) in [5.41, 5.74) is 1.38. The smallest absolute Gasteiger partial charge is 0.416 e. The summed E-state index contributed by atoms with van der Waals surface area (Å²) in [6.45, 7) is 1.41. The van der Waals surface area contributed by atoms with Gasteiger partial charge in [-0.05, 0) is 36.6 Å². The number of benzene rings is 2. The van der Waals surface area contributed by atoms with Crippen LogP contribution in [0.25, 0.3) is 0 Å². The highest BCUT2D eigenvalue weighted by Gasteiger charge is 2.32. The van der Waals surface area contributed by atoms with E-state index in [-0.39, 0.29) is 12.3 Å². The lowest BCUT2D eigenvalue weighted by molar-refractivity contribution is -0.142. The van der Waals surface area contributed by atoms with E-state index in [9.17, 15) is 27.9 Å². The molecule has 4 rings (SSSR count). The van der Waals surface area contributed by atoms with Crippen molar-refractivity contribution >= 4 is 17.6 Å². The minimum Gasteiger partial charge on any atom is -0.480 e. The minimum atomic E-state index is -4.42. The number of hydrogen-bond donors (Lipinski definition) is 2. The molecule has 0 spiro atoms. The first kappa shape index (κ1) is 25.3. The predicted octanol–water partition coefficient (Wildman–Crippen LogP) is 3.98. The molecule has 1 aromatic heterocycles. The number of nitrogens with one attached hydrogen (secondary N) is 1. The molecule has 1 atom stereocenters. The number of carbonyl (C=O) groups is 2. The molecule has 1 aliphatic rings. The fourth-order valence-corrected chi connectivity index (χ4v) is 4.37. The van der Waals surface area contributed by atoms with Crippen LogP contribution in [0.3, 0.4) is 0 Å². The van der Waals surface area contributed by atoms with Crippen LogP contribution in [-0.4, -0.2) is 45.7 Å². The van der Waals surface area contributed by atoms with E-state index < -0.39 is 29.7 Å². The summed E-state index contributed by atoms with van der Waals surface area (Å²) < 4.78 is 40.9. The van der Waals surface area contributed by atoms with E-state index in [0.717, 1.165) is 17.7 Å². The van der Waals surface area contributed by atoms with Gasteiger partial charge in [0.2, 0.25) is 5.91 Å². The first-order valence-corrected chi connectivity index (χ1v) is 11.7. The lowest BCUT2D eigenvalue weighted by Crippen LogP contribution is -2.47. The Balaban J connectivity index is 1.31. The fraction of sp³-hybridized carbons (Fsp3) is 0.346. The van der Waals surface area contributed by atoms with E-state index in [1.165, 1.54) is 6.07 Å². The standard InChI is InChI=1S/C26H27F3N4O3/c27-26(28,29)20-7-4-8-22(13-20)33-11-9-19(10-12-33)24(34)31-23(25(35)36)14-21-16-32(17-30-21)15-18-5-2-1-3-6-18/h1-8,13,16-17,19,23H,9-12,14-15H2,(H,31,34)(H,35,36). The first-order valence-electron chi connectivity index (χ1n) is 11.7. The number of halogens is 3. The van der Waals surface area contributed by atoms with Crippen molar-refractivity contribution in [2.24, 2.45) is 5.92 Å². The number of hydrogen-bond acceptors (Lipinski definition) is 4. The molecule has 190 valence electrons. The zero-order valence-electron chi connectivity index (χ0n) is 19.5. The number of carboxylic acid groups (broad SMARTS) is 1. The largest absolute Gasteiger partial charge is 0.480 e. The number of aromatic nitrogens is 2. The van der Waals surface area contributed by atoms with Gasteiger partial charge in [-0.15, -0.1) is 0 Å². The van der Waals surface area contributed by atoms with Crippen molar-refractivity contribution < 1.29 is 27.9 Å². The third-order valence-electron chi connectivity index (χ3n) is 6.33. The Hall–Kier alpha value is -3.82. The number of nitrogens with zero attached hydrogens (tertiary/aromatic N) is 3. The number of alkyl halides is 3. The molecular formula is C26H27F3N4O3. The normalized spacial score (nSPS) is 15.5. The van der Waals surface area contributed by atoms with E-state index in [1.807, 2.05) is 39.8 Å². The molecular weight excluding hydrogens is 473 g/mol. The Morgan fingerprint density at radius 1 is 1.08 bits per heavy atom. The van der Waals surface area contributed by atoms with Crippen molar-refractivity contribution in [3.8, 4) is 0 Å². The van der Waals surface area contributed by atoms with Crippen molar-refractivity contribution in [1.82, 2.24) is 14.9 Å². The molecule has 1 aliphatic heterocycles. The van der Waals surface area contributed by atoms with Crippen molar-refractivity contribution in [2.45, 2.75) is 38.0 Å². The fourth-order valence-electron chi connectivity index (χ4n) is 4.37. The number of carbonyl (C=O) groups excluding carboxylic acids is 1. The second kappa shape index (κ2) is 10.8. The number of carboxylic acids is 1. The van der Waals surface area contributed by atoms with Crippen LogP contribution in [0.5, 0.6) is 0 Å². The van der Waals surface area contributed by atoms with Gasteiger partial charge in [0.15, 0.2) is 0 Å². The maximum absolute atomic E-state index is 13.0. The number of amides is 1. The average Bonchev–Trinajstić information content (AvgIpc) is 3.30. The molecule has 2 aromatic carbocycles. The average molecular weight is 501 g/mol. The number of imidazole rings is 1. The van der Waals surface area contributed by atoms with E-state index in [2.05, 4.69) is 10.3 Å². The van der Waals surface area contributed by atoms with Gasteiger partial charge in [-0.1, -0.05) is 36.4 Å². The number of aliphatic carboxylic acids is 1. The summed E-state index contributed by atoms with van der Waals surface area (Å²) in [5.74, 6) is -1.93. The van der Waals surface area contributed by atoms with Gasteiger partial charge in [-0.3, -0.25) is 4.79 Å². The second-order valence-corrected chi connectivity index (χ2v) is 8.94. The molecule has 0 aliphatic carbocycles. The maximum atomic E-state index is 13.0. The van der Waals surface area contributed by atoms with Crippen LogP contribution in [0.4, 0.5) is 18.9 Å². The van der Waals surface area contributed by atoms with Gasteiger partial charge in [0, 0.05) is 43.9 Å². The van der Waals surface area contributed by atoms with Gasteiger partial charge >= 0.3 is 12.1 Å². The summed E-state index contributed by atoms with van der Waals surface area (Å²) in [5, 5.41) is 12.3. The lowest BCUT2D eigenvalue weighted by atomic mass is 9.94. The minimum absolute atomic E-state index is 0.0476. The van der Waals surface area contributed by atoms with Gasteiger partial charge in [0.25, 0.3) is 0 Å². The van der Waals surface area contributed by atoms with Gasteiger partial charge in [0.05, 0.1) is 17.6 Å². The van der Waals surface area contributed by atoms with Crippen LogP contribution in [0.15, 0.2) is 67.1 Å². The SMILES string of the molecule is O=C(NC(Cc1cn(Cc2ccccc2)cn1)C(=O)O)C1CCN(c2cccc(C(F)(F)F)c2)CC1. The third kappa shape index (κ3) is 6.44. The summed E-state index contributed by atoms with van der Waals surface area (Å²) in [6, 6.07) is 13.8. The summed E-state index contributed by atoms with van der Waals surface area (Å²) in [7, 11) is 0. The quantitative estimate of drug-likeness (QED) is 0.489. The molecule has 1 saturated heterocycles. The molecule has 1 fully saturated rings. The van der Waals surface area contributed by atoms with Gasteiger partial charge in [-0.2, -0.15) is 13.2 Å². The molecule has 3 aromatic rings. The topological polar surface area (TPSA) is 87.5 Å². The van der Waals surface area contributed by atoms with Crippen LogP contribution in [-0.2, 0) is 28.7 Å². The third-order valence-corrected chi connectivity index (χ3v) is 6.33. The van der Waals surface area contributed by atoms with Crippen molar-refractivity contribution in [1.29, 1.82) is 0 Å². The molecule has 0 bridgehead atoms. The molecule has 10 heteroatoms. The van der Waals surface area contributed by atoms with Crippen molar-refractivity contribution in [2.75, 3.05) is 18.0 Å². The summed E-state index contributed by atoms with van der Waals surface area (Å²) >= 11 is 0.